The molecule has 394 valence electrons. The Morgan fingerprint density at radius 1 is 0.427 bits per heavy atom. The lowest BCUT2D eigenvalue weighted by Gasteiger charge is -2.38. The van der Waals surface area contributed by atoms with Crippen LogP contribution in [-0.4, -0.2) is 6.04 Å². The van der Waals surface area contributed by atoms with Crippen LogP contribution >= 0.6 is 0 Å². The molecule has 4 aliphatic rings. The lowest BCUT2D eigenvalue weighted by atomic mass is 9.72. The lowest BCUT2D eigenvalue weighted by Crippen LogP contribution is -2.33. The number of furan rings is 2. The molecule has 0 N–H and O–H groups in total. The van der Waals surface area contributed by atoms with E-state index in [0.29, 0.717) is 0 Å². The maximum absolute atomic E-state index is 7.10. The molecule has 1 unspecified atom stereocenters. The van der Waals surface area contributed by atoms with Gasteiger partial charge in [0.25, 0.3) is 0 Å². The van der Waals surface area contributed by atoms with Crippen molar-refractivity contribution in [3.8, 4) is 44.5 Å². The third kappa shape index (κ3) is 6.21. The Kier molecular flexibility index (Phi) is 9.57. The molecule has 3 nitrogen and oxygen atoms in total. The van der Waals surface area contributed by atoms with Gasteiger partial charge in [0.2, 0.25) is 0 Å². The van der Waals surface area contributed by atoms with Crippen molar-refractivity contribution in [2.45, 2.75) is 84.1 Å². The molecular weight excluding hydrogens is 995 g/mol. The van der Waals surface area contributed by atoms with Crippen LogP contribution in [0.1, 0.15) is 92.5 Å². The van der Waals surface area contributed by atoms with Crippen molar-refractivity contribution in [2.75, 3.05) is 4.90 Å². The minimum atomic E-state index is -0.327. The van der Waals surface area contributed by atoms with Crippen LogP contribution in [0.3, 0.4) is 0 Å². The molecule has 3 heteroatoms. The van der Waals surface area contributed by atoms with E-state index in [2.05, 4.69) is 267 Å². The molecule has 1 atom stereocenters. The Hall–Kier alpha value is -9.18. The average molecular weight is 1060 g/mol. The molecule has 2 heterocycles. The van der Waals surface area contributed by atoms with Gasteiger partial charge in [-0.25, -0.2) is 0 Å². The highest BCUT2D eigenvalue weighted by molar-refractivity contribution is 6.22. The Balaban J connectivity index is 0.839. The fraction of sp³-hybridized carbons (Fsp3) is 0.165. The number of aryl methyl sites for hydroxylation is 2. The quantitative estimate of drug-likeness (QED) is 0.161. The zero-order valence-corrected chi connectivity index (χ0v) is 47.7. The van der Waals surface area contributed by atoms with Gasteiger partial charge < -0.3 is 13.7 Å². The minimum Gasteiger partial charge on any atom is -0.455 e. The molecule has 0 saturated carbocycles. The predicted octanol–water partition coefficient (Wildman–Crippen LogP) is 21.6. The van der Waals surface area contributed by atoms with Gasteiger partial charge in [0.05, 0.1) is 6.04 Å². The zero-order valence-electron chi connectivity index (χ0n) is 47.7. The number of fused-ring (bicyclic) bond motifs is 22. The summed E-state index contributed by atoms with van der Waals surface area (Å²) in [5, 5.41) is 9.75. The Labute approximate surface area is 478 Å². The van der Waals surface area contributed by atoms with Gasteiger partial charge >= 0.3 is 0 Å². The van der Waals surface area contributed by atoms with Gasteiger partial charge in [0.1, 0.15) is 22.3 Å². The van der Waals surface area contributed by atoms with Gasteiger partial charge in [0, 0.05) is 60.3 Å². The minimum absolute atomic E-state index is 0.0323. The van der Waals surface area contributed by atoms with Crippen molar-refractivity contribution < 1.29 is 8.83 Å². The number of rotatable bonds is 5. The molecule has 2 aromatic heterocycles. The van der Waals surface area contributed by atoms with Crippen LogP contribution < -0.4 is 4.90 Å². The summed E-state index contributed by atoms with van der Waals surface area (Å²) >= 11 is 0. The third-order valence-corrected chi connectivity index (χ3v) is 19.9. The molecule has 0 saturated heterocycles. The molecule has 13 aromatic rings. The summed E-state index contributed by atoms with van der Waals surface area (Å²) in [6, 6.07) is 72.2. The topological polar surface area (TPSA) is 29.5 Å². The first kappa shape index (κ1) is 47.6. The molecule has 11 aromatic carbocycles. The van der Waals surface area contributed by atoms with Crippen molar-refractivity contribution >= 4 is 82.4 Å². The monoisotopic (exact) mass is 1060 g/mol. The smallest absolute Gasteiger partial charge is 0.144 e. The SMILES string of the molecule is Cc1cccc(C)c1N(c1ccc2c(c1)C(C)(C)c1c3c(c4oc5ccccc5c4c1-2)-c1ccccc1C3(C)C)C1C=C2C(=CC1)c1c(cc(-c3ccc4cc(-c5ccccc5)c5ccccc5c4c3)c3oc4ccccc4c13)C2(C)C. The van der Waals surface area contributed by atoms with E-state index in [1.165, 1.54) is 138 Å². The van der Waals surface area contributed by atoms with Crippen molar-refractivity contribution in [3.63, 3.8) is 0 Å². The highest BCUT2D eigenvalue weighted by Gasteiger charge is 2.49. The summed E-state index contributed by atoms with van der Waals surface area (Å²) in [5.41, 5.74) is 28.8. The third-order valence-electron chi connectivity index (χ3n) is 19.9. The number of nitrogens with zero attached hydrogens (tertiary/aromatic N) is 1. The van der Waals surface area contributed by atoms with Gasteiger partial charge in [-0.05, 0) is 173 Å². The first-order chi connectivity index (χ1) is 39.8. The average Bonchev–Trinajstić information content (AvgIpc) is 1.80. The molecule has 0 aliphatic heterocycles. The van der Waals surface area contributed by atoms with E-state index in [9.17, 15) is 0 Å². The van der Waals surface area contributed by atoms with E-state index < -0.39 is 0 Å². The fourth-order valence-corrected chi connectivity index (χ4v) is 16.2. The second kappa shape index (κ2) is 16.5. The summed E-state index contributed by atoms with van der Waals surface area (Å²) in [5.74, 6) is 0. The lowest BCUT2D eigenvalue weighted by molar-refractivity contribution is 0.600. The summed E-state index contributed by atoms with van der Waals surface area (Å²) in [7, 11) is 0. The maximum Gasteiger partial charge on any atom is 0.144 e. The van der Waals surface area contributed by atoms with E-state index in [1.54, 1.807) is 0 Å². The standard InChI is InChI=1S/C79H61NO2/c1-44-21-20-22-45(2)74(44)80(50-36-38-55-63(42-50)79(7,8)72-68(55)70-57-29-16-19-32-66(57)82-76(70)71-53-27-14-17-30-61(53)78(5,6)73(71)72)49-35-37-54-62(41-49)77(3,4)64-43-60(75-69(67(54)64)56-28-15-18-31-65(56)81-75)48-34-33-47-39-58(46-23-10-9-11-24-46)51-25-12-13-26-52(51)59(47)40-48/h9-34,36-43,49H,35H2,1-8H3. The first-order valence-electron chi connectivity index (χ1n) is 29.3. The maximum atomic E-state index is 7.10. The van der Waals surface area contributed by atoms with Crippen molar-refractivity contribution in [3.05, 3.63) is 256 Å². The number of hydrogen-bond acceptors (Lipinski definition) is 3. The van der Waals surface area contributed by atoms with Gasteiger partial charge in [-0.3, -0.25) is 0 Å². The highest BCUT2D eigenvalue weighted by atomic mass is 16.3. The zero-order chi connectivity index (χ0) is 55.3. The summed E-state index contributed by atoms with van der Waals surface area (Å²) in [6.45, 7) is 19.3. The normalized spacial score (nSPS) is 16.8. The molecule has 0 fully saturated rings. The van der Waals surface area contributed by atoms with E-state index in [4.69, 9.17) is 8.83 Å². The van der Waals surface area contributed by atoms with Gasteiger partial charge in [0.15, 0.2) is 0 Å². The number of benzene rings is 11. The Bertz CT molecular complexity index is 5050. The second-order valence-corrected chi connectivity index (χ2v) is 25.5. The molecule has 4 aliphatic carbocycles. The van der Waals surface area contributed by atoms with Crippen LogP contribution in [0.5, 0.6) is 0 Å². The van der Waals surface area contributed by atoms with Crippen molar-refractivity contribution in [1.29, 1.82) is 0 Å². The van der Waals surface area contributed by atoms with Crippen LogP contribution in [0.4, 0.5) is 11.4 Å². The molecular formula is C79H61NO2. The summed E-state index contributed by atoms with van der Waals surface area (Å²) in [6.07, 6.45) is 6.05. The largest absolute Gasteiger partial charge is 0.455 e. The second-order valence-electron chi connectivity index (χ2n) is 25.5. The number of hydrogen-bond donors (Lipinski definition) is 0. The molecule has 0 bridgehead atoms. The Morgan fingerprint density at radius 3 is 1.80 bits per heavy atom. The van der Waals surface area contributed by atoms with Gasteiger partial charge in [-0.1, -0.05) is 205 Å². The molecule has 82 heavy (non-hydrogen) atoms. The highest BCUT2D eigenvalue weighted by Crippen LogP contribution is 2.64. The Morgan fingerprint density at radius 2 is 1.05 bits per heavy atom. The van der Waals surface area contributed by atoms with Crippen molar-refractivity contribution in [2.24, 2.45) is 0 Å². The van der Waals surface area contributed by atoms with Crippen LogP contribution in [0.2, 0.25) is 0 Å². The van der Waals surface area contributed by atoms with E-state index in [-0.39, 0.29) is 22.3 Å². The molecule has 0 amide bonds. The van der Waals surface area contributed by atoms with Gasteiger partial charge in [-0.2, -0.15) is 0 Å². The first-order valence-corrected chi connectivity index (χ1v) is 29.3. The van der Waals surface area contributed by atoms with Crippen LogP contribution in [-0.2, 0) is 16.2 Å². The number of anilines is 2. The summed E-state index contributed by atoms with van der Waals surface area (Å²) < 4.78 is 14.1. The van der Waals surface area contributed by atoms with Crippen molar-refractivity contribution in [1.82, 2.24) is 0 Å². The molecule has 0 radical (unpaired) electrons. The van der Waals surface area contributed by atoms with Crippen LogP contribution in [0.25, 0.3) is 116 Å². The van der Waals surface area contributed by atoms with E-state index in [1.807, 2.05) is 0 Å². The number of allylic oxidation sites excluding steroid dienone is 2. The molecule has 0 spiro atoms. The fourth-order valence-electron chi connectivity index (χ4n) is 16.2. The van der Waals surface area contributed by atoms with Gasteiger partial charge in [-0.15, -0.1) is 0 Å². The van der Waals surface area contributed by atoms with Crippen LogP contribution in [0.15, 0.2) is 221 Å². The summed E-state index contributed by atoms with van der Waals surface area (Å²) in [4.78, 5) is 2.69. The van der Waals surface area contributed by atoms with E-state index >= 15 is 0 Å². The molecule has 17 rings (SSSR count). The van der Waals surface area contributed by atoms with E-state index in [0.717, 1.165) is 45.3 Å². The van der Waals surface area contributed by atoms with Crippen LogP contribution in [0, 0.1) is 13.8 Å². The number of para-hydroxylation sites is 3. The predicted molar refractivity (Wildman–Crippen MR) is 344 cm³/mol.